The molecule has 2 aliphatic heterocycles. The largest absolute Gasteiger partial charge is 0.391 e. The lowest BCUT2D eigenvalue weighted by molar-refractivity contribution is 0.170. The zero-order valence-corrected chi connectivity index (χ0v) is 11.5. The monoisotopic (exact) mass is 262 g/mol. The summed E-state index contributed by atoms with van der Waals surface area (Å²) in [6.07, 6.45) is 6.19. The van der Waals surface area contributed by atoms with Gasteiger partial charge in [-0.15, -0.1) is 0 Å². The van der Waals surface area contributed by atoms with Crippen LogP contribution in [0, 0.1) is 0 Å². The number of aliphatic hydroxyl groups excluding tert-OH is 1. The first-order valence-electron chi connectivity index (χ1n) is 7.28. The van der Waals surface area contributed by atoms with Gasteiger partial charge in [0.15, 0.2) is 0 Å². The highest BCUT2D eigenvalue weighted by Gasteiger charge is 2.30. The molecule has 1 aromatic heterocycles. The first kappa shape index (κ1) is 12.7. The van der Waals surface area contributed by atoms with Gasteiger partial charge in [-0.25, -0.2) is 4.98 Å². The molecule has 5 nitrogen and oxygen atoms in total. The number of anilines is 2. The van der Waals surface area contributed by atoms with Crippen molar-refractivity contribution in [1.29, 1.82) is 0 Å². The van der Waals surface area contributed by atoms with Gasteiger partial charge in [0.2, 0.25) is 5.95 Å². The van der Waals surface area contributed by atoms with E-state index in [0.717, 1.165) is 37.8 Å². The molecule has 0 amide bonds. The van der Waals surface area contributed by atoms with E-state index < -0.39 is 0 Å². The van der Waals surface area contributed by atoms with E-state index in [9.17, 15) is 5.11 Å². The number of rotatable bonds is 2. The lowest BCUT2D eigenvalue weighted by Crippen LogP contribution is -2.34. The maximum absolute atomic E-state index is 9.85. The second-order valence-electron chi connectivity index (χ2n) is 5.55. The fourth-order valence-electron chi connectivity index (χ4n) is 2.99. The summed E-state index contributed by atoms with van der Waals surface area (Å²) in [6, 6.07) is 2.09. The van der Waals surface area contributed by atoms with Gasteiger partial charge in [-0.05, 0) is 38.7 Å². The second kappa shape index (κ2) is 5.33. The fourth-order valence-corrected chi connectivity index (χ4v) is 2.99. The number of hydrogen-bond acceptors (Lipinski definition) is 5. The molecule has 2 atom stereocenters. The number of aromatic nitrogens is 2. The summed E-state index contributed by atoms with van der Waals surface area (Å²) in [5, 5.41) is 9.85. The summed E-state index contributed by atoms with van der Waals surface area (Å²) in [4.78, 5) is 13.5. The highest BCUT2D eigenvalue weighted by atomic mass is 16.3. The molecule has 0 aliphatic carbocycles. The Morgan fingerprint density at radius 3 is 2.68 bits per heavy atom. The van der Waals surface area contributed by atoms with Crippen LogP contribution in [0.15, 0.2) is 12.3 Å². The zero-order chi connectivity index (χ0) is 13.2. The quantitative estimate of drug-likeness (QED) is 0.873. The molecular formula is C14H22N4O. The molecule has 5 heteroatoms. The van der Waals surface area contributed by atoms with E-state index in [4.69, 9.17) is 4.98 Å². The highest BCUT2D eigenvalue weighted by Crippen LogP contribution is 2.25. The molecular weight excluding hydrogens is 240 g/mol. The molecule has 2 aliphatic rings. The molecule has 0 aromatic carbocycles. The van der Waals surface area contributed by atoms with Gasteiger partial charge in [0, 0.05) is 25.8 Å². The summed E-state index contributed by atoms with van der Waals surface area (Å²) < 4.78 is 0. The van der Waals surface area contributed by atoms with Crippen molar-refractivity contribution < 1.29 is 5.11 Å². The van der Waals surface area contributed by atoms with Gasteiger partial charge in [-0.3, -0.25) is 0 Å². The molecule has 0 bridgehead atoms. The van der Waals surface area contributed by atoms with E-state index in [0.29, 0.717) is 0 Å². The zero-order valence-electron chi connectivity index (χ0n) is 11.5. The second-order valence-corrected chi connectivity index (χ2v) is 5.55. The molecule has 0 spiro atoms. The lowest BCUT2D eigenvalue weighted by Gasteiger charge is -2.28. The molecule has 0 saturated carbocycles. The molecule has 104 valence electrons. The van der Waals surface area contributed by atoms with Crippen molar-refractivity contribution in [3.8, 4) is 0 Å². The van der Waals surface area contributed by atoms with E-state index in [1.165, 1.54) is 19.3 Å². The Balaban J connectivity index is 1.79. The SMILES string of the molecule is C[C@@H]1[C@H](O)CCN1c1ccnc(N2CCCCC2)n1. The van der Waals surface area contributed by atoms with Gasteiger partial charge in [0.1, 0.15) is 5.82 Å². The normalized spacial score (nSPS) is 27.9. The van der Waals surface area contributed by atoms with Crippen LogP contribution in [0.4, 0.5) is 11.8 Å². The predicted octanol–water partition coefficient (Wildman–Crippen LogP) is 1.43. The lowest BCUT2D eigenvalue weighted by atomic mass is 10.1. The summed E-state index contributed by atoms with van der Waals surface area (Å²) in [5.41, 5.74) is 0. The molecule has 19 heavy (non-hydrogen) atoms. The first-order valence-corrected chi connectivity index (χ1v) is 7.28. The predicted molar refractivity (Wildman–Crippen MR) is 75.5 cm³/mol. The van der Waals surface area contributed by atoms with Crippen LogP contribution in [-0.2, 0) is 0 Å². The Hall–Kier alpha value is -1.36. The van der Waals surface area contributed by atoms with Gasteiger partial charge >= 0.3 is 0 Å². The van der Waals surface area contributed by atoms with E-state index in [2.05, 4.69) is 21.7 Å². The fraction of sp³-hybridized carbons (Fsp3) is 0.714. The van der Waals surface area contributed by atoms with E-state index in [1.807, 2.05) is 12.3 Å². The van der Waals surface area contributed by atoms with Crippen LogP contribution in [0.2, 0.25) is 0 Å². The Labute approximate surface area is 114 Å². The van der Waals surface area contributed by atoms with Crippen LogP contribution in [0.1, 0.15) is 32.6 Å². The number of nitrogens with zero attached hydrogens (tertiary/aromatic N) is 4. The average molecular weight is 262 g/mol. The smallest absolute Gasteiger partial charge is 0.227 e. The minimum Gasteiger partial charge on any atom is -0.391 e. The van der Waals surface area contributed by atoms with Crippen LogP contribution in [-0.4, -0.2) is 46.9 Å². The van der Waals surface area contributed by atoms with Gasteiger partial charge in [-0.2, -0.15) is 4.98 Å². The molecule has 2 saturated heterocycles. The molecule has 1 aromatic rings. The summed E-state index contributed by atoms with van der Waals surface area (Å²) in [6.45, 7) is 5.04. The molecule has 0 unspecified atom stereocenters. The van der Waals surface area contributed by atoms with Crippen molar-refractivity contribution in [3.63, 3.8) is 0 Å². The third-order valence-electron chi connectivity index (χ3n) is 4.28. The molecule has 0 radical (unpaired) electrons. The number of hydrogen-bond donors (Lipinski definition) is 1. The van der Waals surface area contributed by atoms with Crippen LogP contribution < -0.4 is 9.80 Å². The minimum atomic E-state index is -0.242. The van der Waals surface area contributed by atoms with Crippen LogP contribution in [0.5, 0.6) is 0 Å². The Bertz CT molecular complexity index is 433. The van der Waals surface area contributed by atoms with Crippen molar-refractivity contribution in [2.24, 2.45) is 0 Å². The number of piperidine rings is 1. The summed E-state index contributed by atoms with van der Waals surface area (Å²) in [7, 11) is 0. The summed E-state index contributed by atoms with van der Waals surface area (Å²) >= 11 is 0. The molecule has 2 fully saturated rings. The Morgan fingerprint density at radius 2 is 2.00 bits per heavy atom. The van der Waals surface area contributed by atoms with E-state index in [1.54, 1.807) is 0 Å². The topological polar surface area (TPSA) is 52.5 Å². The van der Waals surface area contributed by atoms with Crippen LogP contribution in [0.3, 0.4) is 0 Å². The Morgan fingerprint density at radius 1 is 1.21 bits per heavy atom. The third-order valence-corrected chi connectivity index (χ3v) is 4.28. The first-order chi connectivity index (χ1) is 9.25. The van der Waals surface area contributed by atoms with Crippen molar-refractivity contribution in [2.75, 3.05) is 29.4 Å². The van der Waals surface area contributed by atoms with Crippen molar-refractivity contribution in [3.05, 3.63) is 12.3 Å². The van der Waals surface area contributed by atoms with Crippen LogP contribution in [0.25, 0.3) is 0 Å². The molecule has 1 N–H and O–H groups in total. The van der Waals surface area contributed by atoms with E-state index in [-0.39, 0.29) is 12.1 Å². The van der Waals surface area contributed by atoms with Crippen molar-refractivity contribution in [1.82, 2.24) is 9.97 Å². The van der Waals surface area contributed by atoms with E-state index >= 15 is 0 Å². The Kier molecular flexibility index (Phi) is 3.55. The van der Waals surface area contributed by atoms with Crippen LogP contribution >= 0.6 is 0 Å². The molecule has 3 heterocycles. The number of aliphatic hydroxyl groups is 1. The third kappa shape index (κ3) is 2.52. The average Bonchev–Trinajstić information content (AvgIpc) is 2.80. The van der Waals surface area contributed by atoms with Crippen molar-refractivity contribution >= 4 is 11.8 Å². The minimum absolute atomic E-state index is 0.143. The van der Waals surface area contributed by atoms with Gasteiger partial charge < -0.3 is 14.9 Å². The van der Waals surface area contributed by atoms with Gasteiger partial charge in [0.25, 0.3) is 0 Å². The van der Waals surface area contributed by atoms with Crippen molar-refractivity contribution in [2.45, 2.75) is 44.8 Å². The maximum atomic E-state index is 9.85. The highest BCUT2D eigenvalue weighted by molar-refractivity contribution is 5.46. The van der Waals surface area contributed by atoms with Gasteiger partial charge in [-0.1, -0.05) is 0 Å². The van der Waals surface area contributed by atoms with Gasteiger partial charge in [0.05, 0.1) is 12.1 Å². The molecule has 3 rings (SSSR count). The maximum Gasteiger partial charge on any atom is 0.227 e. The standard InChI is InChI=1S/C14H22N4O/c1-11-12(19)6-10-18(11)13-5-7-15-14(16-13)17-8-3-2-4-9-17/h5,7,11-12,19H,2-4,6,8-10H2,1H3/t11-,12-/m1/s1. The summed E-state index contributed by atoms with van der Waals surface area (Å²) in [5.74, 6) is 1.78.